The Balaban J connectivity index is 1.66. The van der Waals surface area contributed by atoms with Crippen molar-refractivity contribution in [3.8, 4) is 0 Å². The first-order valence-corrected chi connectivity index (χ1v) is 12.1. The van der Waals surface area contributed by atoms with Crippen LogP contribution < -0.4 is 0 Å². The molecule has 27 heavy (non-hydrogen) atoms. The maximum Gasteiger partial charge on any atom is 0.0602 e. The Morgan fingerprint density at radius 1 is 1.00 bits per heavy atom. The number of aliphatic hydroxyl groups excluding tert-OH is 2. The molecule has 4 fully saturated rings. The van der Waals surface area contributed by atoms with Gasteiger partial charge in [0.15, 0.2) is 0 Å². The fourth-order valence-corrected chi connectivity index (χ4v) is 9.03. The van der Waals surface area contributed by atoms with Gasteiger partial charge in [0, 0.05) is 0 Å². The van der Waals surface area contributed by atoms with Crippen molar-refractivity contribution in [3.05, 3.63) is 0 Å². The van der Waals surface area contributed by atoms with Gasteiger partial charge in [-0.15, -0.1) is 0 Å². The van der Waals surface area contributed by atoms with E-state index in [1.807, 2.05) is 0 Å². The highest BCUT2D eigenvalue weighted by Gasteiger charge is 2.65. The SMILES string of the molecule is CCC[C@@H](C)[C@H]1CC[C@H]2[C@@H]3[C@H](O)C[C@@H]4C[C@H](C)CC[C@]4(C)[C@H]3C[C@H](O)[C@]12C. The summed E-state index contributed by atoms with van der Waals surface area (Å²) in [5.74, 6) is 4.24. The molecule has 0 saturated heterocycles. The summed E-state index contributed by atoms with van der Waals surface area (Å²) in [5.41, 5.74) is 0.355. The average Bonchev–Trinajstić information content (AvgIpc) is 2.96. The summed E-state index contributed by atoms with van der Waals surface area (Å²) in [6.07, 6.45) is 10.5. The molecule has 0 radical (unpaired) electrons. The number of fused-ring (bicyclic) bond motifs is 5. The Kier molecular flexibility index (Phi) is 5.25. The Bertz CT molecular complexity index is 546. The summed E-state index contributed by atoms with van der Waals surface area (Å²) in [4.78, 5) is 0. The van der Waals surface area contributed by atoms with Crippen LogP contribution in [-0.2, 0) is 0 Å². The van der Waals surface area contributed by atoms with Crippen LogP contribution in [0.25, 0.3) is 0 Å². The molecule has 2 nitrogen and oxygen atoms in total. The van der Waals surface area contributed by atoms with E-state index in [9.17, 15) is 10.2 Å². The molecule has 0 aliphatic heterocycles. The average molecular weight is 377 g/mol. The lowest BCUT2D eigenvalue weighted by Gasteiger charge is -2.63. The Morgan fingerprint density at radius 3 is 2.44 bits per heavy atom. The molecule has 0 spiro atoms. The lowest BCUT2D eigenvalue weighted by Crippen LogP contribution is -2.62. The first kappa shape index (κ1) is 20.2. The molecule has 11 atom stereocenters. The molecule has 4 aliphatic rings. The van der Waals surface area contributed by atoms with Gasteiger partial charge in [-0.3, -0.25) is 0 Å². The fraction of sp³-hybridized carbons (Fsp3) is 1.00. The van der Waals surface area contributed by atoms with Gasteiger partial charge in [0.1, 0.15) is 0 Å². The molecule has 0 bridgehead atoms. The van der Waals surface area contributed by atoms with Crippen LogP contribution in [0, 0.1) is 52.3 Å². The molecule has 0 heterocycles. The predicted octanol–water partition coefficient (Wildman–Crippen LogP) is 5.66. The predicted molar refractivity (Wildman–Crippen MR) is 111 cm³/mol. The van der Waals surface area contributed by atoms with Crippen LogP contribution in [0.2, 0.25) is 0 Å². The monoisotopic (exact) mass is 376 g/mol. The standard InChI is InChI=1S/C25H44O2/c1-6-7-16(3)18-8-9-19-23-20(14-22(27)25(18,19)5)24(4)11-10-15(2)12-17(24)13-21(23)26/h15-23,26-27H,6-14H2,1-5H3/t15-,16-,17+,18-,19+,20+,21-,22+,23+,24+,25-/m1/s1. The summed E-state index contributed by atoms with van der Waals surface area (Å²) in [5, 5.41) is 22.9. The van der Waals surface area contributed by atoms with Crippen molar-refractivity contribution >= 4 is 0 Å². The van der Waals surface area contributed by atoms with Crippen molar-refractivity contribution in [1.82, 2.24) is 0 Å². The third-order valence-electron chi connectivity index (χ3n) is 10.6. The Morgan fingerprint density at radius 2 is 1.74 bits per heavy atom. The molecule has 0 aromatic rings. The topological polar surface area (TPSA) is 40.5 Å². The van der Waals surface area contributed by atoms with E-state index in [2.05, 4.69) is 34.6 Å². The zero-order valence-electron chi connectivity index (χ0n) is 18.5. The van der Waals surface area contributed by atoms with Gasteiger partial charge in [-0.25, -0.2) is 0 Å². The quantitative estimate of drug-likeness (QED) is 0.667. The Hall–Kier alpha value is -0.0800. The first-order valence-electron chi connectivity index (χ1n) is 12.1. The first-order chi connectivity index (χ1) is 12.7. The maximum atomic E-state index is 11.5. The van der Waals surface area contributed by atoms with Gasteiger partial charge < -0.3 is 10.2 Å². The smallest absolute Gasteiger partial charge is 0.0602 e. The molecule has 156 valence electrons. The van der Waals surface area contributed by atoms with Crippen LogP contribution in [0.15, 0.2) is 0 Å². The third kappa shape index (κ3) is 2.87. The molecule has 0 unspecified atom stereocenters. The van der Waals surface area contributed by atoms with Crippen molar-refractivity contribution in [1.29, 1.82) is 0 Å². The van der Waals surface area contributed by atoms with Crippen molar-refractivity contribution in [3.63, 3.8) is 0 Å². The molecule has 0 aromatic carbocycles. The molecule has 4 rings (SSSR count). The van der Waals surface area contributed by atoms with Crippen LogP contribution in [0.1, 0.15) is 92.4 Å². The normalized spacial score (nSPS) is 56.1. The minimum absolute atomic E-state index is 0.0158. The van der Waals surface area contributed by atoms with E-state index in [-0.39, 0.29) is 17.6 Å². The number of rotatable bonds is 3. The Labute approximate surface area is 167 Å². The molecule has 2 heteroatoms. The molecule has 0 amide bonds. The summed E-state index contributed by atoms with van der Waals surface area (Å²) in [6, 6.07) is 0. The van der Waals surface area contributed by atoms with Crippen molar-refractivity contribution < 1.29 is 10.2 Å². The molecular weight excluding hydrogens is 332 g/mol. The van der Waals surface area contributed by atoms with Crippen LogP contribution in [0.3, 0.4) is 0 Å². The van der Waals surface area contributed by atoms with Gasteiger partial charge in [0.05, 0.1) is 12.2 Å². The number of hydrogen-bond donors (Lipinski definition) is 2. The van der Waals surface area contributed by atoms with E-state index in [1.54, 1.807) is 0 Å². The van der Waals surface area contributed by atoms with E-state index in [4.69, 9.17) is 0 Å². The highest BCUT2D eigenvalue weighted by molar-refractivity contribution is 5.14. The van der Waals surface area contributed by atoms with Crippen molar-refractivity contribution in [2.45, 2.75) is 105 Å². The van der Waals surface area contributed by atoms with Gasteiger partial charge in [0.25, 0.3) is 0 Å². The van der Waals surface area contributed by atoms with Gasteiger partial charge in [0.2, 0.25) is 0 Å². The minimum Gasteiger partial charge on any atom is -0.393 e. The summed E-state index contributed by atoms with van der Waals surface area (Å²) < 4.78 is 0. The van der Waals surface area contributed by atoms with Crippen molar-refractivity contribution in [2.24, 2.45) is 52.3 Å². The van der Waals surface area contributed by atoms with Gasteiger partial charge in [-0.2, -0.15) is 0 Å². The highest BCUT2D eigenvalue weighted by atomic mass is 16.3. The van der Waals surface area contributed by atoms with Crippen molar-refractivity contribution in [2.75, 3.05) is 0 Å². The van der Waals surface area contributed by atoms with Gasteiger partial charge in [-0.05, 0) is 90.8 Å². The summed E-state index contributed by atoms with van der Waals surface area (Å²) in [6.45, 7) is 12.0. The number of hydrogen-bond acceptors (Lipinski definition) is 2. The zero-order valence-corrected chi connectivity index (χ0v) is 18.5. The number of aliphatic hydroxyl groups is 2. The lowest BCUT2D eigenvalue weighted by molar-refractivity contribution is -0.203. The fourth-order valence-electron chi connectivity index (χ4n) is 9.03. The summed E-state index contributed by atoms with van der Waals surface area (Å²) in [7, 11) is 0. The van der Waals surface area contributed by atoms with Crippen LogP contribution in [-0.4, -0.2) is 22.4 Å². The van der Waals surface area contributed by atoms with E-state index in [0.29, 0.717) is 40.9 Å². The third-order valence-corrected chi connectivity index (χ3v) is 10.6. The van der Waals surface area contributed by atoms with Crippen LogP contribution >= 0.6 is 0 Å². The second kappa shape index (κ2) is 7.01. The van der Waals surface area contributed by atoms with Crippen LogP contribution in [0.5, 0.6) is 0 Å². The molecule has 2 N–H and O–H groups in total. The highest BCUT2D eigenvalue weighted by Crippen LogP contribution is 2.68. The van der Waals surface area contributed by atoms with Gasteiger partial charge >= 0.3 is 0 Å². The van der Waals surface area contributed by atoms with E-state index in [1.165, 1.54) is 44.9 Å². The van der Waals surface area contributed by atoms with Gasteiger partial charge in [-0.1, -0.05) is 53.9 Å². The molecular formula is C25H44O2. The second-order valence-electron chi connectivity index (χ2n) is 11.7. The lowest BCUT2D eigenvalue weighted by atomic mass is 9.42. The van der Waals surface area contributed by atoms with E-state index < -0.39 is 0 Å². The molecule has 4 aliphatic carbocycles. The summed E-state index contributed by atoms with van der Waals surface area (Å²) >= 11 is 0. The zero-order chi connectivity index (χ0) is 19.6. The largest absolute Gasteiger partial charge is 0.393 e. The molecule has 4 saturated carbocycles. The second-order valence-corrected chi connectivity index (χ2v) is 11.7. The van der Waals surface area contributed by atoms with E-state index in [0.717, 1.165) is 18.8 Å². The van der Waals surface area contributed by atoms with Crippen LogP contribution in [0.4, 0.5) is 0 Å². The molecule has 0 aromatic heterocycles. The maximum absolute atomic E-state index is 11.5. The minimum atomic E-state index is -0.183. The van der Waals surface area contributed by atoms with E-state index >= 15 is 0 Å².